The molecule has 100 valence electrons. The molecule has 5 heteroatoms. The van der Waals surface area contributed by atoms with E-state index < -0.39 is 0 Å². The average molecular weight is 275 g/mol. The van der Waals surface area contributed by atoms with Crippen molar-refractivity contribution in [1.82, 2.24) is 10.1 Å². The first-order valence-electron chi connectivity index (χ1n) is 6.60. The maximum atomic E-state index is 5.94. The van der Waals surface area contributed by atoms with Crippen LogP contribution in [0.25, 0.3) is 21.9 Å². The van der Waals surface area contributed by atoms with E-state index >= 15 is 0 Å². The number of hydrogen-bond acceptors (Lipinski definition) is 5. The zero-order chi connectivity index (χ0) is 13.8. The normalized spacial score (nSPS) is 12.6. The van der Waals surface area contributed by atoms with Gasteiger partial charge in [0.1, 0.15) is 17.3 Å². The monoisotopic (exact) mass is 275 g/mol. The average Bonchev–Trinajstić information content (AvgIpc) is 2.98. The highest BCUT2D eigenvalue weighted by Gasteiger charge is 2.19. The van der Waals surface area contributed by atoms with Gasteiger partial charge in [-0.25, -0.2) is 4.98 Å². The van der Waals surface area contributed by atoms with Crippen LogP contribution >= 0.6 is 0 Å². The van der Waals surface area contributed by atoms with Crippen molar-refractivity contribution < 1.29 is 9.26 Å². The molecule has 2 aromatic carbocycles. The Balaban J connectivity index is 1.81. The van der Waals surface area contributed by atoms with Crippen molar-refractivity contribution in [3.63, 3.8) is 0 Å². The van der Waals surface area contributed by atoms with Crippen LogP contribution in [0.2, 0.25) is 0 Å². The van der Waals surface area contributed by atoms with Gasteiger partial charge in [0.2, 0.25) is 0 Å². The number of aromatic nitrogens is 2. The summed E-state index contributed by atoms with van der Waals surface area (Å²) < 4.78 is 10.9. The third kappa shape index (κ3) is 1.45. The van der Waals surface area contributed by atoms with Crippen LogP contribution in [-0.4, -0.2) is 10.1 Å². The number of nitrogens with one attached hydrogen (secondary N) is 1. The van der Waals surface area contributed by atoms with Crippen molar-refractivity contribution >= 4 is 33.3 Å². The lowest BCUT2D eigenvalue weighted by Crippen LogP contribution is -2.03. The van der Waals surface area contributed by atoms with Gasteiger partial charge in [0.15, 0.2) is 11.5 Å². The summed E-state index contributed by atoms with van der Waals surface area (Å²) in [6, 6.07) is 13.7. The molecule has 4 aromatic rings. The van der Waals surface area contributed by atoms with Gasteiger partial charge in [-0.2, -0.15) is 0 Å². The summed E-state index contributed by atoms with van der Waals surface area (Å²) in [6.07, 6.45) is 1.55. The van der Waals surface area contributed by atoms with Crippen molar-refractivity contribution in [2.24, 2.45) is 0 Å². The first kappa shape index (κ1) is 10.7. The molecule has 0 saturated carbocycles. The molecule has 5 nitrogen and oxygen atoms in total. The van der Waals surface area contributed by atoms with Gasteiger partial charge in [0.05, 0.1) is 16.9 Å². The fraction of sp³-hybridized carbons (Fsp3) is 0. The maximum Gasteiger partial charge on any atom is 0.151 e. The van der Waals surface area contributed by atoms with Gasteiger partial charge in [0.25, 0.3) is 0 Å². The molecule has 0 aliphatic carbocycles. The molecule has 5 rings (SSSR count). The van der Waals surface area contributed by atoms with Crippen LogP contribution in [0.4, 0.5) is 11.4 Å². The van der Waals surface area contributed by atoms with Crippen molar-refractivity contribution in [2.75, 3.05) is 5.32 Å². The van der Waals surface area contributed by atoms with Gasteiger partial charge in [0, 0.05) is 5.39 Å². The summed E-state index contributed by atoms with van der Waals surface area (Å²) in [7, 11) is 0. The van der Waals surface area contributed by atoms with Crippen LogP contribution in [0.3, 0.4) is 0 Å². The number of rotatable bonds is 0. The maximum absolute atomic E-state index is 5.94. The molecule has 21 heavy (non-hydrogen) atoms. The number of pyridine rings is 1. The smallest absolute Gasteiger partial charge is 0.151 e. The molecule has 0 fully saturated rings. The van der Waals surface area contributed by atoms with E-state index in [1.807, 2.05) is 42.5 Å². The van der Waals surface area contributed by atoms with Gasteiger partial charge >= 0.3 is 0 Å². The molecule has 1 aliphatic rings. The number of fused-ring (bicyclic) bond motifs is 5. The molecule has 0 bridgehead atoms. The van der Waals surface area contributed by atoms with Gasteiger partial charge in [-0.15, -0.1) is 0 Å². The van der Waals surface area contributed by atoms with E-state index in [9.17, 15) is 0 Å². The Morgan fingerprint density at radius 2 is 1.86 bits per heavy atom. The number of hydrogen-bond donors (Lipinski definition) is 1. The summed E-state index contributed by atoms with van der Waals surface area (Å²) in [5.41, 5.74) is 4.21. The van der Waals surface area contributed by atoms with E-state index in [0.29, 0.717) is 0 Å². The minimum Gasteiger partial charge on any atom is -0.453 e. The first-order valence-corrected chi connectivity index (χ1v) is 6.60. The van der Waals surface area contributed by atoms with Gasteiger partial charge in [-0.1, -0.05) is 17.3 Å². The molecule has 0 unspecified atom stereocenters. The third-order valence-corrected chi connectivity index (χ3v) is 3.65. The molecule has 0 radical (unpaired) electrons. The van der Waals surface area contributed by atoms with Gasteiger partial charge in [-0.3, -0.25) is 0 Å². The highest BCUT2D eigenvalue weighted by atomic mass is 16.5. The van der Waals surface area contributed by atoms with Crippen molar-refractivity contribution in [3.8, 4) is 11.5 Å². The number of benzene rings is 2. The molecular formula is C16H9N3O2. The van der Waals surface area contributed by atoms with Crippen LogP contribution in [0.5, 0.6) is 11.5 Å². The molecule has 1 aliphatic heterocycles. The Labute approximate surface area is 119 Å². The molecule has 3 heterocycles. The molecule has 1 N–H and O–H groups in total. The van der Waals surface area contributed by atoms with E-state index in [1.165, 1.54) is 0 Å². The largest absolute Gasteiger partial charge is 0.453 e. The lowest BCUT2D eigenvalue weighted by Gasteiger charge is -2.22. The Morgan fingerprint density at radius 1 is 0.905 bits per heavy atom. The standard InChI is InChI=1S/C16H9N3O2/c1-2-4-14-11(3-1)18-16-9-7-12-13(8-20-19-12)17-10(9)5-6-15(16)21-14/h1-8,18H. The zero-order valence-corrected chi connectivity index (χ0v) is 10.8. The molecule has 0 amide bonds. The summed E-state index contributed by atoms with van der Waals surface area (Å²) in [5, 5.41) is 8.33. The number of para-hydroxylation sites is 2. The molecule has 2 aromatic heterocycles. The van der Waals surface area contributed by atoms with Crippen LogP contribution in [0.15, 0.2) is 53.3 Å². The van der Waals surface area contributed by atoms with Crippen molar-refractivity contribution in [1.29, 1.82) is 0 Å². The quantitative estimate of drug-likeness (QED) is 0.458. The van der Waals surface area contributed by atoms with Crippen LogP contribution in [0.1, 0.15) is 0 Å². The number of nitrogens with zero attached hydrogens (tertiary/aromatic N) is 2. The summed E-state index contributed by atoms with van der Waals surface area (Å²) >= 11 is 0. The Hall–Kier alpha value is -3.08. The van der Waals surface area contributed by atoms with Crippen LogP contribution in [0, 0.1) is 0 Å². The lowest BCUT2D eigenvalue weighted by atomic mass is 10.1. The Morgan fingerprint density at radius 3 is 2.86 bits per heavy atom. The summed E-state index contributed by atoms with van der Waals surface area (Å²) in [4.78, 5) is 4.55. The highest BCUT2D eigenvalue weighted by molar-refractivity contribution is 6.02. The van der Waals surface area contributed by atoms with E-state index in [0.717, 1.165) is 44.8 Å². The predicted octanol–water partition coefficient (Wildman–Crippen LogP) is 4.23. The van der Waals surface area contributed by atoms with Crippen LogP contribution in [-0.2, 0) is 0 Å². The lowest BCUT2D eigenvalue weighted by molar-refractivity contribution is 0.428. The molecule has 0 atom stereocenters. The van der Waals surface area contributed by atoms with Gasteiger partial charge < -0.3 is 14.6 Å². The van der Waals surface area contributed by atoms with Crippen LogP contribution < -0.4 is 10.1 Å². The Kier molecular flexibility index (Phi) is 1.90. The van der Waals surface area contributed by atoms with Crippen molar-refractivity contribution in [2.45, 2.75) is 0 Å². The third-order valence-electron chi connectivity index (χ3n) is 3.65. The predicted molar refractivity (Wildman–Crippen MR) is 79.1 cm³/mol. The highest BCUT2D eigenvalue weighted by Crippen LogP contribution is 2.45. The summed E-state index contributed by atoms with van der Waals surface area (Å²) in [6.45, 7) is 0. The first-order chi connectivity index (χ1) is 10.4. The topological polar surface area (TPSA) is 60.2 Å². The zero-order valence-electron chi connectivity index (χ0n) is 10.8. The van der Waals surface area contributed by atoms with Gasteiger partial charge in [-0.05, 0) is 30.3 Å². The molecular weight excluding hydrogens is 266 g/mol. The van der Waals surface area contributed by atoms with E-state index in [-0.39, 0.29) is 0 Å². The minimum atomic E-state index is 0.733. The van der Waals surface area contributed by atoms with E-state index in [2.05, 4.69) is 15.5 Å². The second-order valence-electron chi connectivity index (χ2n) is 4.94. The fourth-order valence-electron chi connectivity index (χ4n) is 2.65. The minimum absolute atomic E-state index is 0.733. The van der Waals surface area contributed by atoms with E-state index in [1.54, 1.807) is 6.26 Å². The molecule has 0 spiro atoms. The SMILES string of the molecule is c1ccc2c(c1)Nc1c(ccc3nc4conc4cc13)O2. The second kappa shape index (κ2) is 3.73. The Bertz CT molecular complexity index is 1010. The number of ether oxygens (including phenoxy) is 1. The van der Waals surface area contributed by atoms with Crippen molar-refractivity contribution in [3.05, 3.63) is 48.7 Å². The summed E-state index contributed by atoms with van der Waals surface area (Å²) in [5.74, 6) is 1.60. The molecule has 0 saturated heterocycles. The second-order valence-corrected chi connectivity index (χ2v) is 4.94. The van der Waals surface area contributed by atoms with E-state index in [4.69, 9.17) is 9.26 Å². The number of anilines is 2. The fourth-order valence-corrected chi connectivity index (χ4v) is 2.65.